The van der Waals surface area contributed by atoms with E-state index < -0.39 is 5.97 Å². The molecular formula is C24H26N2O4S. The molecule has 0 bridgehead atoms. The van der Waals surface area contributed by atoms with Crippen molar-refractivity contribution < 1.29 is 19.1 Å². The monoisotopic (exact) mass is 438 g/mol. The Kier molecular flexibility index (Phi) is 6.61. The van der Waals surface area contributed by atoms with Gasteiger partial charge in [0.25, 0.3) is 11.8 Å². The lowest BCUT2D eigenvalue weighted by Crippen LogP contribution is -2.26. The lowest BCUT2D eigenvalue weighted by atomic mass is 9.87. The predicted molar refractivity (Wildman–Crippen MR) is 120 cm³/mol. The van der Waals surface area contributed by atoms with Crippen LogP contribution in [0, 0.1) is 5.92 Å². The third-order valence-electron chi connectivity index (χ3n) is 5.92. The van der Waals surface area contributed by atoms with Gasteiger partial charge in [-0.15, -0.1) is 0 Å². The molecule has 4 rings (SSSR count). The molecule has 0 saturated heterocycles. The van der Waals surface area contributed by atoms with E-state index in [1.54, 1.807) is 30.3 Å². The highest BCUT2D eigenvalue weighted by molar-refractivity contribution is 7.99. The number of hydrogen-bond donors (Lipinski definition) is 2. The summed E-state index contributed by atoms with van der Waals surface area (Å²) in [5.74, 6) is -0.140. The summed E-state index contributed by atoms with van der Waals surface area (Å²) in [6, 6.07) is 10.2. The largest absolute Gasteiger partial charge is 0.465 e. The molecule has 2 N–H and O–H groups in total. The van der Waals surface area contributed by atoms with Crippen molar-refractivity contribution in [1.29, 1.82) is 0 Å². The van der Waals surface area contributed by atoms with Gasteiger partial charge in [-0.3, -0.25) is 9.59 Å². The van der Waals surface area contributed by atoms with Gasteiger partial charge in [-0.1, -0.05) is 43.9 Å². The maximum Gasteiger partial charge on any atom is 0.337 e. The number of rotatable bonds is 5. The quantitative estimate of drug-likeness (QED) is 0.649. The number of carbonyl (C=O) groups excluding carboxylic acids is 3. The second kappa shape index (κ2) is 9.56. The molecule has 1 aliphatic carbocycles. The van der Waals surface area contributed by atoms with Crippen molar-refractivity contribution in [2.45, 2.75) is 48.3 Å². The van der Waals surface area contributed by atoms with Crippen molar-refractivity contribution in [2.75, 3.05) is 19.0 Å². The fourth-order valence-corrected chi connectivity index (χ4v) is 5.22. The Labute approximate surface area is 186 Å². The molecule has 2 aromatic rings. The minimum atomic E-state index is -0.450. The number of methoxy groups -OCH3 is 1. The molecule has 0 unspecified atom stereocenters. The molecule has 6 nitrogen and oxygen atoms in total. The van der Waals surface area contributed by atoms with Crippen molar-refractivity contribution in [3.8, 4) is 0 Å². The summed E-state index contributed by atoms with van der Waals surface area (Å²) < 4.78 is 4.77. The van der Waals surface area contributed by atoms with Gasteiger partial charge in [-0.2, -0.15) is 0 Å². The molecule has 0 spiro atoms. The van der Waals surface area contributed by atoms with Gasteiger partial charge in [0, 0.05) is 21.9 Å². The van der Waals surface area contributed by atoms with Gasteiger partial charge in [0.2, 0.25) is 0 Å². The molecule has 1 saturated carbocycles. The first-order valence-electron chi connectivity index (χ1n) is 10.7. The number of esters is 1. The van der Waals surface area contributed by atoms with Crippen molar-refractivity contribution in [3.05, 3.63) is 53.1 Å². The van der Waals surface area contributed by atoms with Gasteiger partial charge in [-0.05, 0) is 48.7 Å². The molecule has 162 valence electrons. The van der Waals surface area contributed by atoms with Gasteiger partial charge >= 0.3 is 5.97 Å². The zero-order valence-corrected chi connectivity index (χ0v) is 18.3. The summed E-state index contributed by atoms with van der Waals surface area (Å²) >= 11 is 1.38. The van der Waals surface area contributed by atoms with E-state index in [-0.39, 0.29) is 11.8 Å². The van der Waals surface area contributed by atoms with Gasteiger partial charge in [0.1, 0.15) is 0 Å². The van der Waals surface area contributed by atoms with E-state index >= 15 is 0 Å². The molecule has 2 amide bonds. The Hall–Kier alpha value is -2.80. The van der Waals surface area contributed by atoms with Crippen LogP contribution in [0.15, 0.2) is 46.2 Å². The average Bonchev–Trinajstić information content (AvgIpc) is 2.93. The van der Waals surface area contributed by atoms with Crippen molar-refractivity contribution in [3.63, 3.8) is 0 Å². The van der Waals surface area contributed by atoms with Crippen LogP contribution in [-0.4, -0.2) is 31.4 Å². The number of carbonyl (C=O) groups is 3. The summed E-state index contributed by atoms with van der Waals surface area (Å²) in [5, 5.41) is 5.90. The average molecular weight is 439 g/mol. The van der Waals surface area contributed by atoms with Gasteiger partial charge in [0.15, 0.2) is 0 Å². The molecule has 1 heterocycles. The Morgan fingerprint density at radius 2 is 1.84 bits per heavy atom. The van der Waals surface area contributed by atoms with Crippen molar-refractivity contribution in [2.24, 2.45) is 5.92 Å². The zero-order chi connectivity index (χ0) is 21.8. The molecule has 0 aromatic heterocycles. The molecule has 2 aromatic carbocycles. The smallest absolute Gasteiger partial charge is 0.337 e. The summed E-state index contributed by atoms with van der Waals surface area (Å²) in [4.78, 5) is 38.7. The lowest BCUT2D eigenvalue weighted by Gasteiger charge is -2.21. The first kappa shape index (κ1) is 21.4. The molecule has 31 heavy (non-hydrogen) atoms. The van der Waals surface area contributed by atoms with E-state index in [1.165, 1.54) is 51.0 Å². The van der Waals surface area contributed by atoms with Crippen LogP contribution in [0.4, 0.5) is 5.69 Å². The minimum Gasteiger partial charge on any atom is -0.465 e. The number of benzene rings is 2. The van der Waals surface area contributed by atoms with Crippen LogP contribution >= 0.6 is 11.8 Å². The highest BCUT2D eigenvalue weighted by Gasteiger charge is 2.23. The fraction of sp³-hybridized carbons (Fsp3) is 0.375. The first-order chi connectivity index (χ1) is 15.0. The van der Waals surface area contributed by atoms with Gasteiger partial charge < -0.3 is 15.4 Å². The highest BCUT2D eigenvalue weighted by atomic mass is 32.2. The second-order valence-corrected chi connectivity index (χ2v) is 9.10. The van der Waals surface area contributed by atoms with Crippen LogP contribution in [0.5, 0.6) is 0 Å². The van der Waals surface area contributed by atoms with Crippen LogP contribution in [0.1, 0.15) is 69.6 Å². The Morgan fingerprint density at radius 3 is 2.61 bits per heavy atom. The van der Waals surface area contributed by atoms with Crippen LogP contribution in [-0.2, 0) is 4.74 Å². The van der Waals surface area contributed by atoms with Crippen LogP contribution in [0.25, 0.3) is 0 Å². The first-order valence-corrected chi connectivity index (χ1v) is 11.5. The molecule has 2 aliphatic rings. The predicted octanol–water partition coefficient (Wildman–Crippen LogP) is 4.89. The van der Waals surface area contributed by atoms with E-state index in [0.717, 1.165) is 11.3 Å². The van der Waals surface area contributed by atoms with E-state index in [2.05, 4.69) is 10.6 Å². The minimum absolute atomic E-state index is 0.132. The molecule has 7 heteroatoms. The molecule has 0 radical (unpaired) electrons. The van der Waals surface area contributed by atoms with Crippen LogP contribution in [0.2, 0.25) is 0 Å². The highest BCUT2D eigenvalue weighted by Crippen LogP contribution is 2.39. The van der Waals surface area contributed by atoms with E-state index in [0.29, 0.717) is 39.7 Å². The van der Waals surface area contributed by atoms with Crippen molar-refractivity contribution >= 4 is 35.2 Å². The fourth-order valence-electron chi connectivity index (χ4n) is 4.17. The van der Waals surface area contributed by atoms with Crippen LogP contribution in [0.3, 0.4) is 0 Å². The topological polar surface area (TPSA) is 84.5 Å². The number of anilines is 1. The molecule has 1 aliphatic heterocycles. The summed E-state index contributed by atoms with van der Waals surface area (Å²) in [6.07, 6.45) is 7.46. The molecule has 1 fully saturated rings. The Balaban J connectivity index is 1.47. The van der Waals surface area contributed by atoms with Crippen molar-refractivity contribution in [1.82, 2.24) is 5.32 Å². The van der Waals surface area contributed by atoms with Gasteiger partial charge in [-0.25, -0.2) is 4.79 Å². The maximum absolute atomic E-state index is 12.7. The number of fused-ring (bicyclic) bond motifs is 2. The van der Waals surface area contributed by atoms with Crippen LogP contribution < -0.4 is 10.6 Å². The third kappa shape index (κ3) is 4.93. The normalized spacial score (nSPS) is 15.8. The maximum atomic E-state index is 12.7. The number of nitrogens with one attached hydrogen (secondary N) is 2. The standard InChI is InChI=1S/C24H26N2O4S/c1-30-24(29)17-7-9-18-21(14-17)31-20-10-8-16(13-19(20)26-23(18)28)22(27)25-12-11-15-5-3-2-4-6-15/h7-10,13-15H,2-6,11-12H2,1H3,(H,25,27)(H,26,28). The number of hydrogen-bond acceptors (Lipinski definition) is 5. The number of amides is 2. The number of ether oxygens (including phenoxy) is 1. The summed E-state index contributed by atoms with van der Waals surface area (Å²) in [5.41, 5.74) is 1.97. The molecular weight excluding hydrogens is 412 g/mol. The van der Waals surface area contributed by atoms with E-state index in [9.17, 15) is 14.4 Å². The Bertz CT molecular complexity index is 1010. The van der Waals surface area contributed by atoms with Gasteiger partial charge in [0.05, 0.1) is 23.9 Å². The third-order valence-corrected chi connectivity index (χ3v) is 7.05. The summed E-state index contributed by atoms with van der Waals surface area (Å²) in [6.45, 7) is 0.670. The second-order valence-electron chi connectivity index (χ2n) is 8.02. The molecule has 0 atom stereocenters. The zero-order valence-electron chi connectivity index (χ0n) is 17.5. The lowest BCUT2D eigenvalue weighted by molar-refractivity contribution is 0.0600. The summed E-state index contributed by atoms with van der Waals surface area (Å²) in [7, 11) is 1.32. The van der Waals surface area contributed by atoms with E-state index in [4.69, 9.17) is 4.74 Å². The Morgan fingerprint density at radius 1 is 1.06 bits per heavy atom. The van der Waals surface area contributed by atoms with E-state index in [1.807, 2.05) is 6.07 Å². The SMILES string of the molecule is COC(=O)c1ccc2c(c1)Sc1ccc(C(=O)NCCC3CCCCC3)cc1NC2=O.